The number of benzene rings is 2. The molecule has 0 unspecified atom stereocenters. The fraction of sp³-hybridized carbons (Fsp3) is 0.0476. The summed E-state index contributed by atoms with van der Waals surface area (Å²) in [6.07, 6.45) is 3.31. The summed E-state index contributed by atoms with van der Waals surface area (Å²) in [6, 6.07) is 21.2. The van der Waals surface area contributed by atoms with Gasteiger partial charge in [-0.25, -0.2) is 0 Å². The Hall–Kier alpha value is -3.45. The summed E-state index contributed by atoms with van der Waals surface area (Å²) < 4.78 is 5.60. The Morgan fingerprint density at radius 3 is 2.46 bits per heavy atom. The van der Waals surface area contributed by atoms with E-state index < -0.39 is 0 Å². The van der Waals surface area contributed by atoms with E-state index in [2.05, 4.69) is 20.5 Å². The van der Waals surface area contributed by atoms with E-state index in [1.165, 1.54) is 11.8 Å². The van der Waals surface area contributed by atoms with Crippen LogP contribution in [0, 0.1) is 0 Å². The third-order valence-corrected chi connectivity index (χ3v) is 4.76. The smallest absolute Gasteiger partial charge is 0.277 e. The molecule has 0 fully saturated rings. The zero-order valence-corrected chi connectivity index (χ0v) is 15.6. The maximum atomic E-state index is 12.4. The van der Waals surface area contributed by atoms with Crippen LogP contribution in [0.4, 0.5) is 5.69 Å². The predicted octanol–water partition coefficient (Wildman–Crippen LogP) is 4.53. The van der Waals surface area contributed by atoms with Crippen LogP contribution in [0.5, 0.6) is 0 Å². The van der Waals surface area contributed by atoms with Crippen LogP contribution in [-0.2, 0) is 4.79 Å². The molecule has 0 atom stereocenters. The number of aromatic nitrogens is 3. The van der Waals surface area contributed by atoms with Crippen LogP contribution >= 0.6 is 11.8 Å². The SMILES string of the molecule is O=C(CSc1nnc(-c2ccncc2)o1)Nc1ccccc1-c1ccccc1. The van der Waals surface area contributed by atoms with Crippen molar-refractivity contribution >= 4 is 23.4 Å². The van der Waals surface area contributed by atoms with Crippen molar-refractivity contribution in [1.82, 2.24) is 15.2 Å². The lowest BCUT2D eigenvalue weighted by Gasteiger charge is -2.10. The van der Waals surface area contributed by atoms with Gasteiger partial charge in [0.15, 0.2) is 0 Å². The highest BCUT2D eigenvalue weighted by Gasteiger charge is 2.12. The third-order valence-electron chi connectivity index (χ3n) is 3.95. The number of hydrogen-bond donors (Lipinski definition) is 1. The first kappa shape index (κ1) is 17.9. The summed E-state index contributed by atoms with van der Waals surface area (Å²) in [5.74, 6) is 0.429. The van der Waals surface area contributed by atoms with Gasteiger partial charge in [0.2, 0.25) is 11.8 Å². The van der Waals surface area contributed by atoms with Gasteiger partial charge in [0, 0.05) is 29.2 Å². The van der Waals surface area contributed by atoms with Crippen LogP contribution in [-0.4, -0.2) is 26.8 Å². The Morgan fingerprint density at radius 1 is 0.893 bits per heavy atom. The zero-order chi connectivity index (χ0) is 19.2. The van der Waals surface area contributed by atoms with Gasteiger partial charge in [-0.1, -0.05) is 60.3 Å². The minimum Gasteiger partial charge on any atom is -0.411 e. The first-order chi connectivity index (χ1) is 13.8. The van der Waals surface area contributed by atoms with Gasteiger partial charge in [0.25, 0.3) is 5.22 Å². The summed E-state index contributed by atoms with van der Waals surface area (Å²) in [5.41, 5.74) is 3.57. The molecule has 0 aliphatic carbocycles. The average molecular weight is 388 g/mol. The van der Waals surface area contributed by atoms with Crippen molar-refractivity contribution in [2.75, 3.05) is 11.1 Å². The summed E-state index contributed by atoms with van der Waals surface area (Å²) in [5, 5.41) is 11.3. The molecule has 4 aromatic rings. The summed E-state index contributed by atoms with van der Waals surface area (Å²) in [4.78, 5) is 16.4. The van der Waals surface area contributed by atoms with Gasteiger partial charge in [0.05, 0.1) is 5.75 Å². The van der Waals surface area contributed by atoms with Crippen LogP contribution in [0.25, 0.3) is 22.6 Å². The number of rotatable bonds is 6. The molecule has 138 valence electrons. The van der Waals surface area contributed by atoms with Crippen molar-refractivity contribution in [2.24, 2.45) is 0 Å². The normalized spacial score (nSPS) is 10.6. The lowest BCUT2D eigenvalue weighted by Crippen LogP contribution is -2.14. The first-order valence-corrected chi connectivity index (χ1v) is 9.59. The van der Waals surface area contributed by atoms with Crippen molar-refractivity contribution in [3.63, 3.8) is 0 Å². The Morgan fingerprint density at radius 2 is 1.64 bits per heavy atom. The van der Waals surface area contributed by atoms with E-state index >= 15 is 0 Å². The Kier molecular flexibility index (Phi) is 5.44. The average Bonchev–Trinajstić information content (AvgIpc) is 3.23. The van der Waals surface area contributed by atoms with E-state index in [9.17, 15) is 4.79 Å². The minimum atomic E-state index is -0.142. The van der Waals surface area contributed by atoms with Crippen LogP contribution in [0.15, 0.2) is 88.8 Å². The minimum absolute atomic E-state index is 0.142. The highest BCUT2D eigenvalue weighted by molar-refractivity contribution is 7.99. The quantitative estimate of drug-likeness (QED) is 0.489. The molecule has 1 N–H and O–H groups in total. The lowest BCUT2D eigenvalue weighted by atomic mass is 10.0. The Bertz CT molecular complexity index is 1070. The number of nitrogens with one attached hydrogen (secondary N) is 1. The van der Waals surface area contributed by atoms with Gasteiger partial charge in [-0.05, 0) is 23.8 Å². The summed E-state index contributed by atoms with van der Waals surface area (Å²) >= 11 is 1.20. The maximum Gasteiger partial charge on any atom is 0.277 e. The molecule has 0 bridgehead atoms. The van der Waals surface area contributed by atoms with Crippen LogP contribution in [0.1, 0.15) is 0 Å². The van der Waals surface area contributed by atoms with E-state index in [-0.39, 0.29) is 11.7 Å². The molecular weight excluding hydrogens is 372 g/mol. The molecule has 0 aliphatic heterocycles. The topological polar surface area (TPSA) is 80.9 Å². The van der Waals surface area contributed by atoms with E-state index in [0.29, 0.717) is 11.1 Å². The molecule has 0 aliphatic rings. The number of carbonyl (C=O) groups is 1. The molecule has 1 amide bonds. The number of para-hydroxylation sites is 1. The number of thioether (sulfide) groups is 1. The third kappa shape index (κ3) is 4.27. The number of amides is 1. The monoisotopic (exact) mass is 388 g/mol. The van der Waals surface area contributed by atoms with Crippen molar-refractivity contribution < 1.29 is 9.21 Å². The van der Waals surface area contributed by atoms with Gasteiger partial charge in [-0.15, -0.1) is 10.2 Å². The van der Waals surface area contributed by atoms with Crippen LogP contribution in [0.2, 0.25) is 0 Å². The number of hydrogen-bond acceptors (Lipinski definition) is 6. The van der Waals surface area contributed by atoms with Gasteiger partial charge in [-0.2, -0.15) is 0 Å². The van der Waals surface area contributed by atoms with Crippen LogP contribution < -0.4 is 5.32 Å². The fourth-order valence-corrected chi connectivity index (χ4v) is 3.22. The molecule has 2 aromatic heterocycles. The molecule has 4 rings (SSSR count). The number of anilines is 1. The van der Waals surface area contributed by atoms with Crippen molar-refractivity contribution in [3.8, 4) is 22.6 Å². The molecule has 2 heterocycles. The fourth-order valence-electron chi connectivity index (χ4n) is 2.65. The van der Waals surface area contributed by atoms with Crippen molar-refractivity contribution in [2.45, 2.75) is 5.22 Å². The highest BCUT2D eigenvalue weighted by atomic mass is 32.2. The van der Waals surface area contributed by atoms with Crippen LogP contribution in [0.3, 0.4) is 0 Å². The maximum absolute atomic E-state index is 12.4. The molecule has 6 nitrogen and oxygen atoms in total. The van der Waals surface area contributed by atoms with Gasteiger partial charge < -0.3 is 9.73 Å². The second-order valence-corrected chi connectivity index (χ2v) is 6.78. The van der Waals surface area contributed by atoms with Gasteiger partial charge >= 0.3 is 0 Å². The van der Waals surface area contributed by atoms with Crippen molar-refractivity contribution in [1.29, 1.82) is 0 Å². The Labute approximate surface area is 166 Å². The Balaban J connectivity index is 1.40. The molecule has 0 saturated carbocycles. The molecule has 7 heteroatoms. The summed E-state index contributed by atoms with van der Waals surface area (Å²) in [6.45, 7) is 0. The number of pyridine rings is 1. The van der Waals surface area contributed by atoms with Gasteiger partial charge in [0.1, 0.15) is 0 Å². The largest absolute Gasteiger partial charge is 0.411 e. The van der Waals surface area contributed by atoms with Gasteiger partial charge in [-0.3, -0.25) is 9.78 Å². The molecule has 0 radical (unpaired) electrons. The van der Waals surface area contributed by atoms with E-state index in [1.54, 1.807) is 24.5 Å². The van der Waals surface area contributed by atoms with E-state index in [0.717, 1.165) is 22.4 Å². The molecule has 0 spiro atoms. The first-order valence-electron chi connectivity index (χ1n) is 8.60. The lowest BCUT2D eigenvalue weighted by molar-refractivity contribution is -0.113. The van der Waals surface area contributed by atoms with Crippen molar-refractivity contribution in [3.05, 3.63) is 79.1 Å². The molecule has 2 aromatic carbocycles. The predicted molar refractivity (Wildman–Crippen MR) is 109 cm³/mol. The second kappa shape index (κ2) is 8.49. The second-order valence-electron chi connectivity index (χ2n) is 5.86. The standard InChI is InChI=1S/C21H16N4O2S/c26-19(14-28-21-25-24-20(27-21)16-10-12-22-13-11-16)23-18-9-5-4-8-17(18)15-6-2-1-3-7-15/h1-13H,14H2,(H,23,26). The summed E-state index contributed by atoms with van der Waals surface area (Å²) in [7, 11) is 0. The van der Waals surface area contributed by atoms with E-state index in [1.807, 2.05) is 54.6 Å². The number of nitrogens with zero attached hydrogens (tertiary/aromatic N) is 3. The van der Waals surface area contributed by atoms with E-state index in [4.69, 9.17) is 4.42 Å². The number of carbonyl (C=O) groups excluding carboxylic acids is 1. The molecule has 28 heavy (non-hydrogen) atoms. The zero-order valence-electron chi connectivity index (χ0n) is 14.8. The molecular formula is C21H16N4O2S. The highest BCUT2D eigenvalue weighted by Crippen LogP contribution is 2.28. The molecule has 0 saturated heterocycles.